The molecule has 0 aromatic heterocycles. The smallest absolute Gasteiger partial charge is 0.319 e. The molecule has 3 amide bonds. The molecule has 0 aliphatic carbocycles. The summed E-state index contributed by atoms with van der Waals surface area (Å²) in [7, 11) is 0. The highest BCUT2D eigenvalue weighted by atomic mass is 19.1. The Hall–Kier alpha value is -2.15. The molecule has 2 rings (SSSR count). The van der Waals surface area contributed by atoms with Crippen molar-refractivity contribution >= 4 is 17.6 Å². The zero-order valence-electron chi connectivity index (χ0n) is 14.9. The van der Waals surface area contributed by atoms with Crippen LogP contribution in [0.2, 0.25) is 0 Å². The lowest BCUT2D eigenvalue weighted by molar-refractivity contribution is -0.122. The average molecular weight is 350 g/mol. The lowest BCUT2D eigenvalue weighted by Crippen LogP contribution is -2.48. The Labute approximate surface area is 148 Å². The maximum atomic E-state index is 13.1. The second-order valence-corrected chi connectivity index (χ2v) is 6.46. The molecule has 1 aliphatic rings. The first-order chi connectivity index (χ1) is 12.0. The monoisotopic (exact) mass is 350 g/mol. The molecule has 1 saturated heterocycles. The van der Waals surface area contributed by atoms with E-state index in [1.54, 1.807) is 13.0 Å². The molecule has 1 heterocycles. The number of benzene rings is 1. The van der Waals surface area contributed by atoms with E-state index in [9.17, 15) is 14.0 Å². The van der Waals surface area contributed by atoms with Gasteiger partial charge >= 0.3 is 6.03 Å². The Kier molecular flexibility index (Phi) is 7.18. The number of rotatable bonds is 6. The normalized spacial score (nSPS) is 15.6. The van der Waals surface area contributed by atoms with Gasteiger partial charge in [0, 0.05) is 31.4 Å². The molecular formula is C18H27FN4O2. The number of likely N-dealkylation sites (tertiary alicyclic amines) is 1. The second-order valence-electron chi connectivity index (χ2n) is 6.46. The van der Waals surface area contributed by atoms with Gasteiger partial charge in [0.25, 0.3) is 0 Å². The molecule has 0 atom stereocenters. The number of carbonyl (C=O) groups excluding carboxylic acids is 2. The van der Waals surface area contributed by atoms with E-state index in [4.69, 9.17) is 0 Å². The molecule has 1 aliphatic heterocycles. The van der Waals surface area contributed by atoms with E-state index in [0.29, 0.717) is 24.3 Å². The van der Waals surface area contributed by atoms with Crippen LogP contribution in [0.4, 0.5) is 14.9 Å². The summed E-state index contributed by atoms with van der Waals surface area (Å²) >= 11 is 0. The number of nitrogens with one attached hydrogen (secondary N) is 3. The van der Waals surface area contributed by atoms with Crippen molar-refractivity contribution in [2.24, 2.45) is 0 Å². The number of piperidine rings is 1. The first-order valence-electron chi connectivity index (χ1n) is 8.80. The van der Waals surface area contributed by atoms with Crippen LogP contribution in [0.3, 0.4) is 0 Å². The van der Waals surface area contributed by atoms with Gasteiger partial charge in [0.05, 0.1) is 6.54 Å². The number of carbonyl (C=O) groups is 2. The third kappa shape index (κ3) is 6.34. The van der Waals surface area contributed by atoms with Crippen LogP contribution >= 0.6 is 0 Å². The van der Waals surface area contributed by atoms with Crippen LogP contribution in [0.5, 0.6) is 0 Å². The summed E-state index contributed by atoms with van der Waals surface area (Å²) in [4.78, 5) is 25.9. The van der Waals surface area contributed by atoms with Crippen molar-refractivity contribution in [3.8, 4) is 0 Å². The average Bonchev–Trinajstić information content (AvgIpc) is 2.57. The number of hydrogen-bond acceptors (Lipinski definition) is 3. The second kappa shape index (κ2) is 9.36. The molecule has 7 heteroatoms. The largest absolute Gasteiger partial charge is 0.355 e. The minimum absolute atomic E-state index is 0.0535. The summed E-state index contributed by atoms with van der Waals surface area (Å²) in [5.41, 5.74) is 1.28. The highest BCUT2D eigenvalue weighted by molar-refractivity contribution is 5.90. The molecule has 25 heavy (non-hydrogen) atoms. The molecule has 1 aromatic rings. The van der Waals surface area contributed by atoms with Gasteiger partial charge in [-0.25, -0.2) is 9.18 Å². The molecule has 6 nitrogen and oxygen atoms in total. The van der Waals surface area contributed by atoms with Gasteiger partial charge in [-0.2, -0.15) is 0 Å². The van der Waals surface area contributed by atoms with E-state index in [2.05, 4.69) is 20.9 Å². The van der Waals surface area contributed by atoms with Crippen LogP contribution in [0.15, 0.2) is 18.2 Å². The molecular weight excluding hydrogens is 323 g/mol. The molecule has 0 bridgehead atoms. The zero-order valence-corrected chi connectivity index (χ0v) is 14.9. The van der Waals surface area contributed by atoms with E-state index in [1.165, 1.54) is 12.1 Å². The van der Waals surface area contributed by atoms with Crippen molar-refractivity contribution in [2.75, 3.05) is 31.5 Å². The fourth-order valence-electron chi connectivity index (χ4n) is 2.87. The molecule has 3 N–H and O–H groups in total. The predicted molar refractivity (Wildman–Crippen MR) is 96.1 cm³/mol. The predicted octanol–water partition coefficient (Wildman–Crippen LogP) is 2.25. The molecule has 138 valence electrons. The number of hydrogen-bond donors (Lipinski definition) is 3. The molecule has 0 saturated carbocycles. The Bertz CT molecular complexity index is 601. The van der Waals surface area contributed by atoms with Crippen molar-refractivity contribution < 1.29 is 14.0 Å². The minimum Gasteiger partial charge on any atom is -0.355 e. The van der Waals surface area contributed by atoms with Gasteiger partial charge in [0.15, 0.2) is 0 Å². The molecule has 0 spiro atoms. The lowest BCUT2D eigenvalue weighted by atomic mass is 10.1. The molecule has 1 fully saturated rings. The number of aryl methyl sites for hydroxylation is 1. The molecule has 0 radical (unpaired) electrons. The Balaban J connectivity index is 1.72. The van der Waals surface area contributed by atoms with Crippen molar-refractivity contribution in [2.45, 2.75) is 39.2 Å². The Morgan fingerprint density at radius 2 is 2.00 bits per heavy atom. The van der Waals surface area contributed by atoms with Crippen molar-refractivity contribution in [3.05, 3.63) is 29.6 Å². The Morgan fingerprint density at radius 3 is 2.64 bits per heavy atom. The number of amides is 3. The van der Waals surface area contributed by atoms with Gasteiger partial charge in [-0.1, -0.05) is 6.92 Å². The number of anilines is 1. The number of nitrogens with zero attached hydrogens (tertiary/aromatic N) is 1. The Morgan fingerprint density at radius 1 is 1.28 bits per heavy atom. The van der Waals surface area contributed by atoms with Gasteiger partial charge in [0.1, 0.15) is 5.82 Å². The SMILES string of the molecule is CCCNC(=O)CN1CCC(NC(=O)Nc2ccc(F)cc2C)CC1. The van der Waals surface area contributed by atoms with Crippen molar-refractivity contribution in [3.63, 3.8) is 0 Å². The summed E-state index contributed by atoms with van der Waals surface area (Å²) in [6.45, 7) is 6.45. The maximum Gasteiger partial charge on any atom is 0.319 e. The third-order valence-electron chi connectivity index (χ3n) is 4.30. The van der Waals surface area contributed by atoms with Gasteiger partial charge < -0.3 is 16.0 Å². The zero-order chi connectivity index (χ0) is 18.2. The van der Waals surface area contributed by atoms with Gasteiger partial charge in [-0.05, 0) is 49.9 Å². The molecule has 1 aromatic carbocycles. The van der Waals surface area contributed by atoms with Gasteiger partial charge in [-0.3, -0.25) is 9.69 Å². The maximum absolute atomic E-state index is 13.1. The number of halogens is 1. The van der Waals surface area contributed by atoms with Crippen LogP contribution in [0.1, 0.15) is 31.7 Å². The first kappa shape index (κ1) is 19.2. The van der Waals surface area contributed by atoms with Crippen LogP contribution < -0.4 is 16.0 Å². The molecule has 0 unspecified atom stereocenters. The minimum atomic E-state index is -0.321. The summed E-state index contributed by atoms with van der Waals surface area (Å²) in [6, 6.07) is 4.06. The van der Waals surface area contributed by atoms with Crippen LogP contribution in [0.25, 0.3) is 0 Å². The van der Waals surface area contributed by atoms with Crippen LogP contribution in [0, 0.1) is 12.7 Å². The quantitative estimate of drug-likeness (QED) is 0.737. The highest BCUT2D eigenvalue weighted by Crippen LogP contribution is 2.16. The van der Waals surface area contributed by atoms with Crippen molar-refractivity contribution in [1.29, 1.82) is 0 Å². The number of urea groups is 1. The first-order valence-corrected chi connectivity index (χ1v) is 8.80. The summed E-state index contributed by atoms with van der Waals surface area (Å²) in [6.07, 6.45) is 2.54. The van der Waals surface area contributed by atoms with E-state index in [1.807, 2.05) is 6.92 Å². The van der Waals surface area contributed by atoms with Gasteiger partial charge in [0.2, 0.25) is 5.91 Å². The standard InChI is InChI=1S/C18H27FN4O2/c1-3-8-20-17(24)12-23-9-6-15(7-10-23)21-18(25)22-16-5-4-14(19)11-13(16)2/h4-5,11,15H,3,6-10,12H2,1-2H3,(H,20,24)(H2,21,22,25). The lowest BCUT2D eigenvalue weighted by Gasteiger charge is -2.31. The topological polar surface area (TPSA) is 73.5 Å². The third-order valence-corrected chi connectivity index (χ3v) is 4.30. The highest BCUT2D eigenvalue weighted by Gasteiger charge is 2.22. The van der Waals surface area contributed by atoms with Crippen LogP contribution in [-0.4, -0.2) is 49.1 Å². The van der Waals surface area contributed by atoms with E-state index < -0.39 is 0 Å². The van der Waals surface area contributed by atoms with Crippen molar-refractivity contribution in [1.82, 2.24) is 15.5 Å². The fraction of sp³-hybridized carbons (Fsp3) is 0.556. The van der Waals surface area contributed by atoms with E-state index in [0.717, 1.165) is 32.4 Å². The van der Waals surface area contributed by atoms with E-state index in [-0.39, 0.29) is 23.8 Å². The van der Waals surface area contributed by atoms with Gasteiger partial charge in [-0.15, -0.1) is 0 Å². The summed E-state index contributed by atoms with van der Waals surface area (Å²) < 4.78 is 13.1. The van der Waals surface area contributed by atoms with E-state index >= 15 is 0 Å². The summed E-state index contributed by atoms with van der Waals surface area (Å²) in [5.74, 6) is -0.267. The van der Waals surface area contributed by atoms with Crippen LogP contribution in [-0.2, 0) is 4.79 Å². The fourth-order valence-corrected chi connectivity index (χ4v) is 2.87. The summed E-state index contributed by atoms with van der Waals surface area (Å²) in [5, 5.41) is 8.58.